The van der Waals surface area contributed by atoms with E-state index in [2.05, 4.69) is 4.98 Å². The van der Waals surface area contributed by atoms with E-state index in [1.54, 1.807) is 16.4 Å². The van der Waals surface area contributed by atoms with Crippen molar-refractivity contribution in [2.24, 2.45) is 5.92 Å². The van der Waals surface area contributed by atoms with Crippen LogP contribution in [0.4, 0.5) is 0 Å². The average molecular weight is 301 g/mol. The van der Waals surface area contributed by atoms with Crippen LogP contribution in [-0.2, 0) is 10.0 Å². The van der Waals surface area contributed by atoms with Gasteiger partial charge in [0.25, 0.3) is 0 Å². The van der Waals surface area contributed by atoms with Crippen molar-refractivity contribution in [2.75, 3.05) is 6.54 Å². The first-order valence-corrected chi connectivity index (χ1v) is 8.55. The molecule has 2 heterocycles. The number of piperidine rings is 1. The summed E-state index contributed by atoms with van der Waals surface area (Å²) in [5.41, 5.74) is 0. The van der Waals surface area contributed by atoms with E-state index in [0.29, 0.717) is 12.5 Å². The number of sulfonamides is 1. The SMILES string of the molecule is O=S(=O)(c1cccnc1Cl)N1CCCC2CCCC21. The van der Waals surface area contributed by atoms with Crippen molar-refractivity contribution in [2.45, 2.75) is 43.0 Å². The van der Waals surface area contributed by atoms with Gasteiger partial charge in [0.1, 0.15) is 10.0 Å². The highest BCUT2D eigenvalue weighted by molar-refractivity contribution is 7.89. The Morgan fingerprint density at radius 1 is 1.26 bits per heavy atom. The molecule has 3 rings (SSSR count). The molecule has 2 fully saturated rings. The molecule has 104 valence electrons. The van der Waals surface area contributed by atoms with Crippen LogP contribution < -0.4 is 0 Å². The van der Waals surface area contributed by atoms with Crippen molar-refractivity contribution in [3.05, 3.63) is 23.5 Å². The third-order valence-electron chi connectivity index (χ3n) is 4.25. The topological polar surface area (TPSA) is 50.3 Å². The van der Waals surface area contributed by atoms with Crippen LogP contribution in [0.2, 0.25) is 5.15 Å². The van der Waals surface area contributed by atoms with Crippen molar-refractivity contribution < 1.29 is 8.42 Å². The Hall–Kier alpha value is -0.650. The fraction of sp³-hybridized carbons (Fsp3) is 0.615. The van der Waals surface area contributed by atoms with Gasteiger partial charge in [-0.05, 0) is 43.7 Å². The monoisotopic (exact) mass is 300 g/mol. The number of pyridine rings is 1. The molecule has 1 saturated carbocycles. The fourth-order valence-electron chi connectivity index (χ4n) is 3.40. The number of halogens is 1. The predicted molar refractivity (Wildman–Crippen MR) is 73.5 cm³/mol. The first-order chi connectivity index (χ1) is 9.10. The van der Waals surface area contributed by atoms with Crippen LogP contribution in [0.1, 0.15) is 32.1 Å². The summed E-state index contributed by atoms with van der Waals surface area (Å²) in [7, 11) is -3.51. The van der Waals surface area contributed by atoms with Gasteiger partial charge in [-0.1, -0.05) is 18.0 Å². The van der Waals surface area contributed by atoms with Crippen LogP contribution in [0.15, 0.2) is 23.2 Å². The quantitative estimate of drug-likeness (QED) is 0.789. The standard InChI is InChI=1S/C13H17ClN2O2S/c14-13-12(7-2-8-15-13)19(17,18)16-9-3-5-10-4-1-6-11(10)16/h2,7-8,10-11H,1,3-6,9H2. The van der Waals surface area contributed by atoms with Crippen molar-refractivity contribution in [3.8, 4) is 0 Å². The number of aromatic nitrogens is 1. The molecule has 4 nitrogen and oxygen atoms in total. The second-order valence-corrected chi connectivity index (χ2v) is 7.53. The third kappa shape index (κ3) is 2.28. The maximum absolute atomic E-state index is 12.8. The lowest BCUT2D eigenvalue weighted by Crippen LogP contribution is -2.46. The summed E-state index contributed by atoms with van der Waals surface area (Å²) < 4.78 is 27.2. The van der Waals surface area contributed by atoms with Gasteiger partial charge in [0.05, 0.1) is 0 Å². The minimum Gasteiger partial charge on any atom is -0.243 e. The molecule has 1 aliphatic heterocycles. The molecule has 2 aliphatic rings. The molecule has 0 N–H and O–H groups in total. The van der Waals surface area contributed by atoms with E-state index in [1.165, 1.54) is 6.20 Å². The molecule has 1 aromatic rings. The van der Waals surface area contributed by atoms with Gasteiger partial charge in [-0.15, -0.1) is 0 Å². The molecule has 2 unspecified atom stereocenters. The molecule has 1 saturated heterocycles. The first kappa shape index (κ1) is 13.3. The van der Waals surface area contributed by atoms with E-state index in [9.17, 15) is 8.42 Å². The molecule has 0 aromatic carbocycles. The Balaban J connectivity index is 1.98. The second-order valence-electron chi connectivity index (χ2n) is 5.31. The van der Waals surface area contributed by atoms with Crippen LogP contribution in [-0.4, -0.2) is 30.3 Å². The van der Waals surface area contributed by atoms with Gasteiger partial charge in [0.2, 0.25) is 10.0 Å². The molecule has 0 radical (unpaired) electrons. The van der Waals surface area contributed by atoms with Gasteiger partial charge in [-0.25, -0.2) is 13.4 Å². The summed E-state index contributed by atoms with van der Waals surface area (Å²) >= 11 is 5.95. The number of rotatable bonds is 2. The van der Waals surface area contributed by atoms with Gasteiger partial charge in [-0.2, -0.15) is 4.31 Å². The van der Waals surface area contributed by atoms with Crippen LogP contribution in [0.3, 0.4) is 0 Å². The normalized spacial score (nSPS) is 28.3. The second kappa shape index (κ2) is 5.04. The van der Waals surface area contributed by atoms with Crippen molar-refractivity contribution in [1.29, 1.82) is 0 Å². The van der Waals surface area contributed by atoms with Crippen LogP contribution in [0, 0.1) is 5.92 Å². The summed E-state index contributed by atoms with van der Waals surface area (Å²) in [4.78, 5) is 4.03. The predicted octanol–water partition coefficient (Wildman–Crippen LogP) is 2.69. The van der Waals surface area contributed by atoms with Gasteiger partial charge >= 0.3 is 0 Å². The zero-order chi connectivity index (χ0) is 13.5. The van der Waals surface area contributed by atoms with E-state index in [0.717, 1.165) is 32.1 Å². The number of nitrogens with zero attached hydrogens (tertiary/aromatic N) is 2. The van der Waals surface area contributed by atoms with Crippen molar-refractivity contribution in [1.82, 2.24) is 9.29 Å². The maximum Gasteiger partial charge on any atom is 0.246 e. The third-order valence-corrected chi connectivity index (χ3v) is 6.62. The Morgan fingerprint density at radius 2 is 2.05 bits per heavy atom. The summed E-state index contributed by atoms with van der Waals surface area (Å²) in [6, 6.07) is 3.33. The largest absolute Gasteiger partial charge is 0.246 e. The molecule has 1 aliphatic carbocycles. The lowest BCUT2D eigenvalue weighted by Gasteiger charge is -2.36. The van der Waals surface area contributed by atoms with E-state index in [1.807, 2.05) is 0 Å². The van der Waals surface area contributed by atoms with Crippen LogP contribution in [0.5, 0.6) is 0 Å². The fourth-order valence-corrected chi connectivity index (χ4v) is 5.58. The van der Waals surface area contributed by atoms with Gasteiger partial charge < -0.3 is 0 Å². The molecule has 1 aromatic heterocycles. The van der Waals surface area contributed by atoms with E-state index < -0.39 is 10.0 Å². The van der Waals surface area contributed by atoms with Gasteiger partial charge in [0, 0.05) is 18.8 Å². The number of fused-ring (bicyclic) bond motifs is 1. The average Bonchev–Trinajstić information content (AvgIpc) is 2.86. The Morgan fingerprint density at radius 3 is 2.84 bits per heavy atom. The molecule has 2 atom stereocenters. The van der Waals surface area contributed by atoms with Gasteiger partial charge in [0.15, 0.2) is 0 Å². The summed E-state index contributed by atoms with van der Waals surface area (Å²) in [6.07, 6.45) is 6.85. The minimum absolute atomic E-state index is 0.0719. The molecule has 0 amide bonds. The molecule has 0 bridgehead atoms. The Kier molecular flexibility index (Phi) is 3.53. The van der Waals surface area contributed by atoms with Gasteiger partial charge in [-0.3, -0.25) is 0 Å². The molecule has 6 heteroatoms. The zero-order valence-corrected chi connectivity index (χ0v) is 12.2. The highest BCUT2D eigenvalue weighted by Crippen LogP contribution is 2.39. The number of hydrogen-bond acceptors (Lipinski definition) is 3. The van der Waals surface area contributed by atoms with E-state index in [4.69, 9.17) is 11.6 Å². The van der Waals surface area contributed by atoms with Crippen molar-refractivity contribution >= 4 is 21.6 Å². The summed E-state index contributed by atoms with van der Waals surface area (Å²) in [5.74, 6) is 0.527. The lowest BCUT2D eigenvalue weighted by molar-refractivity contribution is 0.202. The highest BCUT2D eigenvalue weighted by atomic mass is 35.5. The molecule has 19 heavy (non-hydrogen) atoms. The molecular weight excluding hydrogens is 284 g/mol. The van der Waals surface area contributed by atoms with Crippen LogP contribution >= 0.6 is 11.6 Å². The van der Waals surface area contributed by atoms with E-state index >= 15 is 0 Å². The summed E-state index contributed by atoms with van der Waals surface area (Å²) in [6.45, 7) is 0.606. The Labute approximate surface area is 118 Å². The number of hydrogen-bond donors (Lipinski definition) is 0. The molecular formula is C13H17ClN2O2S. The zero-order valence-electron chi connectivity index (χ0n) is 10.6. The summed E-state index contributed by atoms with van der Waals surface area (Å²) in [5, 5.41) is 0.0719. The van der Waals surface area contributed by atoms with Crippen molar-refractivity contribution in [3.63, 3.8) is 0 Å². The highest BCUT2D eigenvalue weighted by Gasteiger charge is 2.41. The minimum atomic E-state index is -3.51. The smallest absolute Gasteiger partial charge is 0.243 e. The van der Waals surface area contributed by atoms with Crippen LogP contribution in [0.25, 0.3) is 0 Å². The maximum atomic E-state index is 12.8. The first-order valence-electron chi connectivity index (χ1n) is 6.73. The lowest BCUT2D eigenvalue weighted by atomic mass is 9.94. The Bertz CT molecular complexity index is 576. The van der Waals surface area contributed by atoms with E-state index in [-0.39, 0.29) is 16.1 Å². The molecule has 0 spiro atoms.